The van der Waals surface area contributed by atoms with Gasteiger partial charge in [-0.15, -0.1) is 0 Å². The number of amides is 2. The second-order valence-corrected chi connectivity index (χ2v) is 7.22. The molecule has 2 amide bonds. The van der Waals surface area contributed by atoms with Crippen LogP contribution in [0.4, 0.5) is 0 Å². The molecule has 1 saturated carbocycles. The Labute approximate surface area is 144 Å². The lowest BCUT2D eigenvalue weighted by atomic mass is 9.88. The van der Waals surface area contributed by atoms with Gasteiger partial charge in [-0.1, -0.05) is 32.6 Å². The minimum Gasteiger partial charge on any atom is -0.480 e. The van der Waals surface area contributed by atoms with Gasteiger partial charge >= 0.3 is 5.97 Å². The van der Waals surface area contributed by atoms with Gasteiger partial charge in [-0.2, -0.15) is 0 Å². The second kappa shape index (κ2) is 8.49. The van der Waals surface area contributed by atoms with Gasteiger partial charge in [0.15, 0.2) is 0 Å². The van der Waals surface area contributed by atoms with E-state index < -0.39 is 11.5 Å². The number of carboxylic acids is 1. The molecular formula is C18H30N2O4. The molecule has 1 aliphatic heterocycles. The summed E-state index contributed by atoms with van der Waals surface area (Å²) in [6.07, 6.45) is 7.53. The molecule has 24 heavy (non-hydrogen) atoms. The molecule has 6 heteroatoms. The van der Waals surface area contributed by atoms with Gasteiger partial charge in [-0.25, -0.2) is 4.79 Å². The Morgan fingerprint density at radius 3 is 2.38 bits per heavy atom. The number of piperidine rings is 1. The molecule has 1 unspecified atom stereocenters. The van der Waals surface area contributed by atoms with Crippen LogP contribution < -0.4 is 5.32 Å². The highest BCUT2D eigenvalue weighted by Crippen LogP contribution is 2.29. The fourth-order valence-corrected chi connectivity index (χ4v) is 3.85. The molecule has 1 aliphatic carbocycles. The number of nitrogens with one attached hydrogen (secondary N) is 1. The smallest absolute Gasteiger partial charge is 0.329 e. The van der Waals surface area contributed by atoms with Crippen molar-refractivity contribution in [2.45, 2.75) is 76.7 Å². The first-order valence-corrected chi connectivity index (χ1v) is 9.31. The van der Waals surface area contributed by atoms with E-state index in [-0.39, 0.29) is 17.7 Å². The van der Waals surface area contributed by atoms with E-state index in [2.05, 4.69) is 5.32 Å². The zero-order valence-corrected chi connectivity index (χ0v) is 14.7. The fourth-order valence-electron chi connectivity index (χ4n) is 3.85. The molecule has 2 aliphatic rings. The van der Waals surface area contributed by atoms with Crippen molar-refractivity contribution in [1.82, 2.24) is 10.2 Å². The van der Waals surface area contributed by atoms with Crippen LogP contribution in [0.25, 0.3) is 0 Å². The van der Waals surface area contributed by atoms with E-state index in [1.807, 2.05) is 6.92 Å². The Balaban J connectivity index is 2.01. The molecule has 0 aromatic heterocycles. The van der Waals surface area contributed by atoms with Crippen molar-refractivity contribution in [3.05, 3.63) is 0 Å². The van der Waals surface area contributed by atoms with Crippen molar-refractivity contribution in [3.8, 4) is 0 Å². The van der Waals surface area contributed by atoms with E-state index >= 15 is 0 Å². The van der Waals surface area contributed by atoms with Crippen LogP contribution >= 0.6 is 0 Å². The number of aliphatic carboxylic acids is 1. The lowest BCUT2D eigenvalue weighted by Gasteiger charge is -2.35. The minimum atomic E-state index is -1.12. The predicted molar refractivity (Wildman–Crippen MR) is 90.4 cm³/mol. The molecule has 2 fully saturated rings. The van der Waals surface area contributed by atoms with Gasteiger partial charge in [0.1, 0.15) is 5.54 Å². The van der Waals surface area contributed by atoms with Crippen LogP contribution in [0.2, 0.25) is 0 Å². The number of hydrogen-bond donors (Lipinski definition) is 2. The lowest BCUT2D eigenvalue weighted by Crippen LogP contribution is -2.57. The third-order valence-electron chi connectivity index (χ3n) is 5.34. The van der Waals surface area contributed by atoms with Crippen LogP contribution in [-0.4, -0.2) is 46.4 Å². The number of carbonyl (C=O) groups is 3. The summed E-state index contributed by atoms with van der Waals surface area (Å²) in [5.41, 5.74) is -1.12. The summed E-state index contributed by atoms with van der Waals surface area (Å²) in [6, 6.07) is 0. The normalized spacial score (nSPS) is 24.0. The van der Waals surface area contributed by atoms with Gasteiger partial charge in [-0.05, 0) is 32.1 Å². The molecule has 0 bridgehead atoms. The lowest BCUT2D eigenvalue weighted by molar-refractivity contribution is -0.150. The summed E-state index contributed by atoms with van der Waals surface area (Å²) < 4.78 is 0. The maximum absolute atomic E-state index is 12.7. The van der Waals surface area contributed by atoms with Crippen LogP contribution in [0.1, 0.15) is 71.1 Å². The molecule has 0 aromatic rings. The number of likely N-dealkylation sites (tertiary alicyclic amines) is 1. The first-order valence-electron chi connectivity index (χ1n) is 9.31. The van der Waals surface area contributed by atoms with E-state index in [4.69, 9.17) is 0 Å². The zero-order chi connectivity index (χ0) is 17.6. The largest absolute Gasteiger partial charge is 0.480 e. The monoisotopic (exact) mass is 338 g/mol. The molecule has 0 radical (unpaired) electrons. The standard InChI is InChI=1S/C18H30N2O4/c1-2-8-15(21)20-12-7-9-14(13-20)16(22)19-18(17(23)24)10-5-3-4-6-11-18/h14H,2-13H2,1H3,(H,19,22)(H,23,24). The topological polar surface area (TPSA) is 86.7 Å². The highest BCUT2D eigenvalue weighted by atomic mass is 16.4. The number of rotatable bonds is 5. The van der Waals surface area contributed by atoms with Gasteiger partial charge in [-0.3, -0.25) is 9.59 Å². The first kappa shape index (κ1) is 18.7. The number of nitrogens with zero attached hydrogens (tertiary/aromatic N) is 1. The molecule has 1 saturated heterocycles. The Hall–Kier alpha value is -1.59. The molecule has 0 aromatic carbocycles. The predicted octanol–water partition coefficient (Wildman–Crippen LogP) is 2.32. The van der Waals surface area contributed by atoms with Crippen LogP contribution in [0.3, 0.4) is 0 Å². The van der Waals surface area contributed by atoms with E-state index in [9.17, 15) is 19.5 Å². The zero-order valence-electron chi connectivity index (χ0n) is 14.7. The Kier molecular flexibility index (Phi) is 6.63. The highest BCUT2D eigenvalue weighted by molar-refractivity contribution is 5.88. The Bertz CT molecular complexity index is 470. The quantitative estimate of drug-likeness (QED) is 0.753. The maximum Gasteiger partial charge on any atom is 0.329 e. The summed E-state index contributed by atoms with van der Waals surface area (Å²) in [5, 5.41) is 12.5. The first-order chi connectivity index (χ1) is 11.5. The summed E-state index contributed by atoms with van der Waals surface area (Å²) in [7, 11) is 0. The molecular weight excluding hydrogens is 308 g/mol. The third-order valence-corrected chi connectivity index (χ3v) is 5.34. The van der Waals surface area contributed by atoms with Gasteiger partial charge < -0.3 is 15.3 Å². The van der Waals surface area contributed by atoms with Gasteiger partial charge in [0.05, 0.1) is 5.92 Å². The van der Waals surface area contributed by atoms with E-state index in [1.165, 1.54) is 0 Å². The second-order valence-electron chi connectivity index (χ2n) is 7.22. The van der Waals surface area contributed by atoms with E-state index in [0.717, 1.165) is 44.9 Å². The third kappa shape index (κ3) is 4.48. The Morgan fingerprint density at radius 2 is 1.79 bits per heavy atom. The summed E-state index contributed by atoms with van der Waals surface area (Å²) >= 11 is 0. The molecule has 0 spiro atoms. The molecule has 1 atom stereocenters. The fraction of sp³-hybridized carbons (Fsp3) is 0.833. The van der Waals surface area contributed by atoms with Gasteiger partial charge in [0, 0.05) is 19.5 Å². The van der Waals surface area contributed by atoms with Gasteiger partial charge in [0.25, 0.3) is 0 Å². The number of carboxylic acid groups (broad SMARTS) is 1. The molecule has 2 N–H and O–H groups in total. The van der Waals surface area contributed by atoms with Crippen molar-refractivity contribution in [2.24, 2.45) is 5.92 Å². The van der Waals surface area contributed by atoms with Gasteiger partial charge in [0.2, 0.25) is 11.8 Å². The summed E-state index contributed by atoms with van der Waals surface area (Å²) in [4.78, 5) is 38.4. The molecule has 6 nitrogen and oxygen atoms in total. The van der Waals surface area contributed by atoms with Crippen LogP contribution in [0.15, 0.2) is 0 Å². The van der Waals surface area contributed by atoms with Crippen molar-refractivity contribution in [2.75, 3.05) is 13.1 Å². The van der Waals surface area contributed by atoms with Crippen LogP contribution in [-0.2, 0) is 14.4 Å². The molecule has 136 valence electrons. The van der Waals surface area contributed by atoms with E-state index in [0.29, 0.717) is 32.4 Å². The SMILES string of the molecule is CCCC(=O)N1CCCC(C(=O)NC2(C(=O)O)CCCCCC2)C1. The average molecular weight is 338 g/mol. The van der Waals surface area contributed by atoms with Crippen LogP contribution in [0.5, 0.6) is 0 Å². The highest BCUT2D eigenvalue weighted by Gasteiger charge is 2.41. The molecule has 2 rings (SSSR count). The van der Waals surface area contributed by atoms with Crippen LogP contribution in [0, 0.1) is 5.92 Å². The minimum absolute atomic E-state index is 0.0948. The summed E-state index contributed by atoms with van der Waals surface area (Å²) in [6.45, 7) is 3.09. The number of hydrogen-bond acceptors (Lipinski definition) is 3. The molecule has 1 heterocycles. The maximum atomic E-state index is 12.7. The average Bonchev–Trinajstić information content (AvgIpc) is 2.82. The number of carbonyl (C=O) groups excluding carboxylic acids is 2. The summed E-state index contributed by atoms with van der Waals surface area (Å²) in [5.74, 6) is -1.32. The van der Waals surface area contributed by atoms with Crippen molar-refractivity contribution in [3.63, 3.8) is 0 Å². The van der Waals surface area contributed by atoms with Crippen molar-refractivity contribution in [1.29, 1.82) is 0 Å². The Morgan fingerprint density at radius 1 is 1.12 bits per heavy atom. The van der Waals surface area contributed by atoms with Crippen molar-refractivity contribution < 1.29 is 19.5 Å². The van der Waals surface area contributed by atoms with Crippen molar-refractivity contribution >= 4 is 17.8 Å². The van der Waals surface area contributed by atoms with E-state index in [1.54, 1.807) is 4.90 Å².